The van der Waals surface area contributed by atoms with E-state index in [0.717, 1.165) is 25.3 Å². The molecule has 32 heavy (non-hydrogen) atoms. The maximum atomic E-state index is 12.8. The number of hydrogen-bond acceptors (Lipinski definition) is 7. The quantitative estimate of drug-likeness (QED) is 0.377. The molecule has 1 amide bonds. The highest BCUT2D eigenvalue weighted by Gasteiger charge is 2.39. The monoisotopic (exact) mass is 456 g/mol. The van der Waals surface area contributed by atoms with Crippen molar-refractivity contribution in [2.45, 2.75) is 56.8 Å². The van der Waals surface area contributed by atoms with Crippen LogP contribution in [0.15, 0.2) is 18.2 Å². The Morgan fingerprint density at radius 3 is 2.50 bits per heavy atom. The van der Waals surface area contributed by atoms with Crippen LogP contribution >= 0.6 is 0 Å². The fourth-order valence-corrected chi connectivity index (χ4v) is 3.53. The van der Waals surface area contributed by atoms with Crippen LogP contribution in [-0.4, -0.2) is 46.9 Å². The standard InChI is InChI=1S/C20H23F3N4O5/c1-13(25-15-7-6-14(20(21,22)23)10-16(15)27(30)31)18(29)32-11-17(28)26(2)19(12-24)8-4-3-5-9-19/h6-7,10,13,25H,3-5,8-9,11H2,1-2H3/t13-/m1/s1. The molecular formula is C20H23F3N4O5. The van der Waals surface area contributed by atoms with E-state index in [2.05, 4.69) is 11.4 Å². The summed E-state index contributed by atoms with van der Waals surface area (Å²) in [6, 6.07) is 2.86. The summed E-state index contributed by atoms with van der Waals surface area (Å²) in [5, 5.41) is 23.1. The first-order valence-corrected chi connectivity index (χ1v) is 9.88. The van der Waals surface area contributed by atoms with Crippen molar-refractivity contribution in [1.29, 1.82) is 5.26 Å². The summed E-state index contributed by atoms with van der Waals surface area (Å²) < 4.78 is 43.4. The van der Waals surface area contributed by atoms with E-state index in [-0.39, 0.29) is 5.69 Å². The summed E-state index contributed by atoms with van der Waals surface area (Å²) in [5.41, 5.74) is -3.32. The number of esters is 1. The highest BCUT2D eigenvalue weighted by Crippen LogP contribution is 2.35. The molecule has 0 aromatic heterocycles. The van der Waals surface area contributed by atoms with E-state index < -0.39 is 52.4 Å². The van der Waals surface area contributed by atoms with Gasteiger partial charge in [0.1, 0.15) is 17.3 Å². The van der Waals surface area contributed by atoms with Gasteiger partial charge in [0.25, 0.3) is 11.6 Å². The predicted octanol–water partition coefficient (Wildman–Crippen LogP) is 3.64. The molecule has 1 aromatic carbocycles. The number of nitriles is 1. The Morgan fingerprint density at radius 2 is 1.97 bits per heavy atom. The molecule has 174 valence electrons. The SMILES string of the molecule is C[C@@H](Nc1ccc(C(F)(F)F)cc1[N+](=O)[O-])C(=O)OCC(=O)N(C)C1(C#N)CCCCC1. The van der Waals surface area contributed by atoms with Gasteiger partial charge in [0.15, 0.2) is 6.61 Å². The number of likely N-dealkylation sites (N-methyl/N-ethyl adjacent to an activating group) is 1. The highest BCUT2D eigenvalue weighted by molar-refractivity contribution is 5.84. The van der Waals surface area contributed by atoms with Gasteiger partial charge in [0.05, 0.1) is 16.6 Å². The zero-order valence-electron chi connectivity index (χ0n) is 17.6. The van der Waals surface area contributed by atoms with Gasteiger partial charge in [-0.15, -0.1) is 0 Å². The number of rotatable bonds is 7. The summed E-state index contributed by atoms with van der Waals surface area (Å²) in [6.45, 7) is 0.649. The molecule has 1 atom stereocenters. The smallest absolute Gasteiger partial charge is 0.416 e. The number of anilines is 1. The van der Waals surface area contributed by atoms with E-state index in [1.807, 2.05) is 0 Å². The zero-order chi connectivity index (χ0) is 24.1. The van der Waals surface area contributed by atoms with Crippen molar-refractivity contribution in [1.82, 2.24) is 4.90 Å². The second-order valence-electron chi connectivity index (χ2n) is 7.62. The minimum absolute atomic E-state index is 0.304. The summed E-state index contributed by atoms with van der Waals surface area (Å²) in [6.07, 6.45) is -1.14. The number of ether oxygens (including phenoxy) is 1. The van der Waals surface area contributed by atoms with E-state index in [9.17, 15) is 38.1 Å². The number of nitro benzene ring substituents is 1. The molecule has 0 saturated heterocycles. The lowest BCUT2D eigenvalue weighted by molar-refractivity contribution is -0.384. The predicted molar refractivity (Wildman–Crippen MR) is 106 cm³/mol. The third-order valence-corrected chi connectivity index (χ3v) is 5.49. The Bertz CT molecular complexity index is 923. The second kappa shape index (κ2) is 9.84. The highest BCUT2D eigenvalue weighted by atomic mass is 19.4. The van der Waals surface area contributed by atoms with E-state index >= 15 is 0 Å². The van der Waals surface area contributed by atoms with Crippen LogP contribution in [0.2, 0.25) is 0 Å². The van der Waals surface area contributed by atoms with Crippen molar-refractivity contribution < 1.29 is 32.4 Å². The first-order valence-electron chi connectivity index (χ1n) is 9.88. The number of amides is 1. The minimum atomic E-state index is -4.76. The Balaban J connectivity index is 2.02. The molecule has 1 aliphatic carbocycles. The Hall–Kier alpha value is -3.36. The first kappa shape index (κ1) is 24.9. The number of nitro groups is 1. The van der Waals surface area contributed by atoms with Gasteiger partial charge in [-0.3, -0.25) is 14.9 Å². The second-order valence-corrected chi connectivity index (χ2v) is 7.62. The average molecular weight is 456 g/mol. The van der Waals surface area contributed by atoms with Gasteiger partial charge in [0.2, 0.25) is 0 Å². The van der Waals surface area contributed by atoms with Gasteiger partial charge in [-0.1, -0.05) is 19.3 Å². The van der Waals surface area contributed by atoms with Crippen LogP contribution in [0.4, 0.5) is 24.5 Å². The Morgan fingerprint density at radius 1 is 1.34 bits per heavy atom. The molecule has 1 fully saturated rings. The van der Waals surface area contributed by atoms with Gasteiger partial charge in [-0.2, -0.15) is 18.4 Å². The number of hydrogen-bond donors (Lipinski definition) is 1. The molecule has 0 spiro atoms. The van der Waals surface area contributed by atoms with E-state index in [4.69, 9.17) is 4.74 Å². The molecule has 0 aliphatic heterocycles. The van der Waals surface area contributed by atoms with Gasteiger partial charge >= 0.3 is 12.1 Å². The lowest BCUT2D eigenvalue weighted by atomic mass is 9.81. The fourth-order valence-electron chi connectivity index (χ4n) is 3.53. The third-order valence-electron chi connectivity index (χ3n) is 5.49. The van der Waals surface area contributed by atoms with Crippen molar-refractivity contribution in [3.8, 4) is 6.07 Å². The number of alkyl halides is 3. The lowest BCUT2D eigenvalue weighted by Crippen LogP contribution is -2.51. The number of benzene rings is 1. The number of nitrogens with zero attached hydrogens (tertiary/aromatic N) is 3. The molecule has 0 bridgehead atoms. The molecule has 12 heteroatoms. The van der Waals surface area contributed by atoms with E-state index in [0.29, 0.717) is 25.0 Å². The molecule has 1 aromatic rings. The topological polar surface area (TPSA) is 126 Å². The van der Waals surface area contributed by atoms with Crippen LogP contribution in [0.3, 0.4) is 0 Å². The van der Waals surface area contributed by atoms with Gasteiger partial charge < -0.3 is 15.0 Å². The zero-order valence-corrected chi connectivity index (χ0v) is 17.6. The summed E-state index contributed by atoms with van der Waals surface area (Å²) in [7, 11) is 1.47. The first-order chi connectivity index (χ1) is 14.9. The minimum Gasteiger partial charge on any atom is -0.454 e. The van der Waals surface area contributed by atoms with E-state index in [1.165, 1.54) is 18.9 Å². The summed E-state index contributed by atoms with van der Waals surface area (Å²) >= 11 is 0. The molecule has 0 radical (unpaired) electrons. The van der Waals surface area contributed by atoms with Crippen molar-refractivity contribution >= 4 is 23.3 Å². The van der Waals surface area contributed by atoms with Crippen molar-refractivity contribution in [2.24, 2.45) is 0 Å². The number of nitrogens with one attached hydrogen (secondary N) is 1. The molecule has 9 nitrogen and oxygen atoms in total. The van der Waals surface area contributed by atoms with Crippen LogP contribution in [0.25, 0.3) is 0 Å². The molecular weight excluding hydrogens is 433 g/mol. The number of carbonyl (C=O) groups is 2. The molecule has 0 unspecified atom stereocenters. The molecule has 2 rings (SSSR count). The summed E-state index contributed by atoms with van der Waals surface area (Å²) in [5.74, 6) is -1.51. The molecule has 0 heterocycles. The Labute approximate surface area is 182 Å². The molecule has 1 N–H and O–H groups in total. The van der Waals surface area contributed by atoms with Gasteiger partial charge in [-0.05, 0) is 31.9 Å². The third kappa shape index (κ3) is 5.66. The normalized spacial score (nSPS) is 16.4. The Kier molecular flexibility index (Phi) is 7.66. The number of halogens is 3. The molecule has 1 aliphatic rings. The van der Waals surface area contributed by atoms with Gasteiger partial charge in [-0.25, -0.2) is 4.79 Å². The maximum absolute atomic E-state index is 12.8. The average Bonchev–Trinajstić information content (AvgIpc) is 2.76. The number of carbonyl (C=O) groups excluding carboxylic acids is 2. The lowest BCUT2D eigenvalue weighted by Gasteiger charge is -2.38. The largest absolute Gasteiger partial charge is 0.454 e. The van der Waals surface area contributed by atoms with Crippen LogP contribution < -0.4 is 5.32 Å². The molecule has 1 saturated carbocycles. The fraction of sp³-hybridized carbons (Fsp3) is 0.550. The summed E-state index contributed by atoms with van der Waals surface area (Å²) in [4.78, 5) is 36.1. The van der Waals surface area contributed by atoms with Crippen LogP contribution in [0.5, 0.6) is 0 Å². The van der Waals surface area contributed by atoms with Crippen LogP contribution in [-0.2, 0) is 20.5 Å². The van der Waals surface area contributed by atoms with Crippen molar-refractivity contribution in [3.05, 3.63) is 33.9 Å². The van der Waals surface area contributed by atoms with Crippen LogP contribution in [0.1, 0.15) is 44.6 Å². The van der Waals surface area contributed by atoms with Gasteiger partial charge in [0, 0.05) is 13.1 Å². The van der Waals surface area contributed by atoms with Crippen LogP contribution in [0, 0.1) is 21.4 Å². The van der Waals surface area contributed by atoms with E-state index in [1.54, 1.807) is 0 Å². The van der Waals surface area contributed by atoms with Crippen molar-refractivity contribution in [2.75, 3.05) is 19.0 Å². The maximum Gasteiger partial charge on any atom is 0.416 e. The van der Waals surface area contributed by atoms with Crippen molar-refractivity contribution in [3.63, 3.8) is 0 Å².